The lowest BCUT2D eigenvalue weighted by Crippen LogP contribution is -2.55. The minimum atomic E-state index is -0.300. The van der Waals surface area contributed by atoms with Crippen molar-refractivity contribution in [3.8, 4) is 5.69 Å². The largest absolute Gasteiger partial charge is 0.341 e. The summed E-state index contributed by atoms with van der Waals surface area (Å²) < 4.78 is 14.6. The Kier molecular flexibility index (Phi) is 4.65. The molecular formula is C18H19FN4O2. The molecule has 2 heterocycles. The van der Waals surface area contributed by atoms with Crippen LogP contribution in [0.1, 0.15) is 5.56 Å². The predicted octanol–water partition coefficient (Wildman–Crippen LogP) is 1.61. The Morgan fingerprint density at radius 2 is 2.04 bits per heavy atom. The lowest BCUT2D eigenvalue weighted by atomic mass is 9.98. The van der Waals surface area contributed by atoms with E-state index in [4.69, 9.17) is 0 Å². The first-order chi connectivity index (χ1) is 12.0. The van der Waals surface area contributed by atoms with Crippen LogP contribution >= 0.6 is 0 Å². The van der Waals surface area contributed by atoms with Crippen LogP contribution in [0, 0.1) is 11.7 Å². The number of amides is 2. The van der Waals surface area contributed by atoms with Crippen LogP contribution in [0.2, 0.25) is 0 Å². The molecule has 130 valence electrons. The molecule has 0 N–H and O–H groups in total. The van der Waals surface area contributed by atoms with Gasteiger partial charge in [-0.1, -0.05) is 6.58 Å². The molecular weight excluding hydrogens is 323 g/mol. The summed E-state index contributed by atoms with van der Waals surface area (Å²) in [7, 11) is 1.73. The molecule has 1 saturated heterocycles. The number of hydrogen-bond acceptors (Lipinski definition) is 3. The highest BCUT2D eigenvalue weighted by Gasteiger charge is 2.36. The molecule has 0 radical (unpaired) electrons. The van der Waals surface area contributed by atoms with Crippen molar-refractivity contribution in [2.75, 3.05) is 20.1 Å². The second-order valence-electron chi connectivity index (χ2n) is 6.11. The molecule has 1 aliphatic rings. The Hall–Kier alpha value is -2.96. The van der Waals surface area contributed by atoms with Crippen molar-refractivity contribution >= 4 is 11.8 Å². The average Bonchev–Trinajstić information content (AvgIpc) is 3.02. The van der Waals surface area contributed by atoms with Gasteiger partial charge in [-0.25, -0.2) is 9.07 Å². The van der Waals surface area contributed by atoms with Crippen molar-refractivity contribution in [3.63, 3.8) is 0 Å². The Morgan fingerprint density at radius 3 is 2.68 bits per heavy atom. The first-order valence-electron chi connectivity index (χ1n) is 7.93. The molecule has 6 nitrogen and oxygen atoms in total. The molecule has 1 aromatic heterocycles. The van der Waals surface area contributed by atoms with E-state index >= 15 is 0 Å². The zero-order valence-corrected chi connectivity index (χ0v) is 13.9. The van der Waals surface area contributed by atoms with Crippen molar-refractivity contribution in [1.29, 1.82) is 0 Å². The number of hydrogen-bond donors (Lipinski definition) is 0. The Labute approximate surface area is 145 Å². The van der Waals surface area contributed by atoms with Crippen molar-refractivity contribution in [3.05, 3.63) is 60.7 Å². The van der Waals surface area contributed by atoms with E-state index in [1.165, 1.54) is 18.2 Å². The second kappa shape index (κ2) is 6.88. The predicted molar refractivity (Wildman–Crippen MR) is 90.3 cm³/mol. The molecule has 0 atom stereocenters. The third kappa shape index (κ3) is 3.60. The zero-order chi connectivity index (χ0) is 18.0. The van der Waals surface area contributed by atoms with Gasteiger partial charge in [-0.3, -0.25) is 9.59 Å². The molecule has 2 aromatic rings. The molecule has 1 aliphatic heterocycles. The van der Waals surface area contributed by atoms with Gasteiger partial charge in [-0.05, 0) is 30.3 Å². The summed E-state index contributed by atoms with van der Waals surface area (Å²) in [4.78, 5) is 27.0. The smallest absolute Gasteiger partial charge is 0.246 e. The maximum Gasteiger partial charge on any atom is 0.246 e. The zero-order valence-electron chi connectivity index (χ0n) is 13.9. The Bertz CT molecular complexity index is 794. The van der Waals surface area contributed by atoms with Gasteiger partial charge in [0.05, 0.1) is 17.8 Å². The summed E-state index contributed by atoms with van der Waals surface area (Å²) in [6.07, 6.45) is 4.75. The van der Waals surface area contributed by atoms with Crippen molar-refractivity contribution in [1.82, 2.24) is 19.6 Å². The molecule has 0 saturated carbocycles. The van der Waals surface area contributed by atoms with Crippen molar-refractivity contribution < 1.29 is 14.0 Å². The summed E-state index contributed by atoms with van der Waals surface area (Å²) in [6.45, 7) is 4.73. The molecule has 3 rings (SSSR count). The number of aromatic nitrogens is 2. The van der Waals surface area contributed by atoms with Gasteiger partial charge in [0, 0.05) is 38.4 Å². The van der Waals surface area contributed by atoms with Gasteiger partial charge in [-0.15, -0.1) is 0 Å². The van der Waals surface area contributed by atoms with Crippen LogP contribution in [0.3, 0.4) is 0 Å². The molecule has 0 unspecified atom stereocenters. The Balaban J connectivity index is 1.57. The third-order valence-electron chi connectivity index (χ3n) is 4.24. The van der Waals surface area contributed by atoms with E-state index in [1.54, 1.807) is 39.9 Å². The number of rotatable bonds is 5. The van der Waals surface area contributed by atoms with Crippen LogP contribution in [0.15, 0.2) is 49.3 Å². The fraction of sp³-hybridized carbons (Fsp3) is 0.278. The topological polar surface area (TPSA) is 58.4 Å². The highest BCUT2D eigenvalue weighted by Crippen LogP contribution is 2.19. The van der Waals surface area contributed by atoms with Gasteiger partial charge in [0.1, 0.15) is 5.82 Å². The van der Waals surface area contributed by atoms with E-state index in [2.05, 4.69) is 11.7 Å². The van der Waals surface area contributed by atoms with Gasteiger partial charge in [0.2, 0.25) is 11.8 Å². The summed E-state index contributed by atoms with van der Waals surface area (Å²) in [5, 5.41) is 4.25. The lowest BCUT2D eigenvalue weighted by Gasteiger charge is -2.39. The normalized spacial score (nSPS) is 14.1. The summed E-state index contributed by atoms with van der Waals surface area (Å²) in [6, 6.07) is 6.03. The van der Waals surface area contributed by atoms with Crippen molar-refractivity contribution in [2.24, 2.45) is 5.92 Å². The van der Waals surface area contributed by atoms with E-state index in [0.717, 1.165) is 11.3 Å². The van der Waals surface area contributed by atoms with E-state index in [9.17, 15) is 14.0 Å². The number of halogens is 1. The molecule has 0 aliphatic carbocycles. The lowest BCUT2D eigenvalue weighted by molar-refractivity contribution is -0.145. The number of carbonyl (C=O) groups excluding carboxylic acids is 2. The standard InChI is InChI=1S/C18H19FN4O2/c1-3-17(24)22-11-14(12-22)18(25)21(2)9-13-8-20-23(10-13)16-6-4-15(19)5-7-16/h3-8,10,14H,1,9,11-12H2,2H3. The van der Waals surface area contributed by atoms with Crippen molar-refractivity contribution in [2.45, 2.75) is 6.54 Å². The summed E-state index contributed by atoms with van der Waals surface area (Å²) in [5.41, 5.74) is 1.62. The van der Waals surface area contributed by atoms with Gasteiger partial charge in [0.15, 0.2) is 0 Å². The molecule has 7 heteroatoms. The maximum absolute atomic E-state index is 13.0. The summed E-state index contributed by atoms with van der Waals surface area (Å²) >= 11 is 0. The van der Waals surface area contributed by atoms with E-state index in [-0.39, 0.29) is 23.5 Å². The van der Waals surface area contributed by atoms with Gasteiger partial charge < -0.3 is 9.80 Å². The second-order valence-corrected chi connectivity index (χ2v) is 6.11. The number of carbonyl (C=O) groups is 2. The van der Waals surface area contributed by atoms with Crippen LogP contribution in [0.5, 0.6) is 0 Å². The van der Waals surface area contributed by atoms with Gasteiger partial charge in [0.25, 0.3) is 0 Å². The quantitative estimate of drug-likeness (QED) is 0.776. The maximum atomic E-state index is 13.0. The first kappa shape index (κ1) is 16.9. The molecule has 1 aromatic carbocycles. The molecule has 0 bridgehead atoms. The highest BCUT2D eigenvalue weighted by molar-refractivity contribution is 5.90. The van der Waals surface area contributed by atoms with Gasteiger partial charge in [-0.2, -0.15) is 5.10 Å². The minimum absolute atomic E-state index is 0.00245. The Morgan fingerprint density at radius 1 is 1.36 bits per heavy atom. The number of likely N-dealkylation sites (tertiary alicyclic amines) is 1. The van der Waals surface area contributed by atoms with Crippen LogP contribution in [-0.2, 0) is 16.1 Å². The van der Waals surface area contributed by atoms with Crippen LogP contribution in [0.4, 0.5) is 4.39 Å². The SMILES string of the molecule is C=CC(=O)N1CC(C(=O)N(C)Cc2cnn(-c3ccc(F)cc3)c2)C1. The van der Waals surface area contributed by atoms with E-state index in [1.807, 2.05) is 6.20 Å². The fourth-order valence-electron chi connectivity index (χ4n) is 2.78. The van der Waals surface area contributed by atoms with Gasteiger partial charge >= 0.3 is 0 Å². The monoisotopic (exact) mass is 342 g/mol. The van der Waals surface area contributed by atoms with E-state index < -0.39 is 0 Å². The molecule has 1 fully saturated rings. The highest BCUT2D eigenvalue weighted by atomic mass is 19.1. The number of benzene rings is 1. The minimum Gasteiger partial charge on any atom is -0.341 e. The third-order valence-corrected chi connectivity index (χ3v) is 4.24. The van der Waals surface area contributed by atoms with Crippen LogP contribution in [0.25, 0.3) is 5.69 Å². The molecule has 2 amide bonds. The number of nitrogens with zero attached hydrogens (tertiary/aromatic N) is 4. The fourth-order valence-corrected chi connectivity index (χ4v) is 2.78. The average molecular weight is 342 g/mol. The molecule has 0 spiro atoms. The van der Waals surface area contributed by atoms with Crippen LogP contribution < -0.4 is 0 Å². The molecule has 25 heavy (non-hydrogen) atoms. The van der Waals surface area contributed by atoms with E-state index in [0.29, 0.717) is 19.6 Å². The summed E-state index contributed by atoms with van der Waals surface area (Å²) in [5.74, 6) is -0.609. The first-order valence-corrected chi connectivity index (χ1v) is 7.93. The van der Waals surface area contributed by atoms with Crippen LogP contribution in [-0.4, -0.2) is 51.5 Å².